The predicted molar refractivity (Wildman–Crippen MR) is 60.1 cm³/mol. The highest BCUT2D eigenvalue weighted by Crippen LogP contribution is 1.87. The van der Waals surface area contributed by atoms with Crippen LogP contribution in [0.4, 0.5) is 0 Å². The summed E-state index contributed by atoms with van der Waals surface area (Å²) in [5.74, 6) is 0.581. The molecule has 0 aliphatic heterocycles. The standard InChI is InChI=1S/C11H22N2O/c1-9(2)5-6-12-8-11(14)13-7-10(3)4/h5,10,12H,6-8H2,1-4H3,(H,13,14). The molecule has 0 saturated heterocycles. The fourth-order valence-electron chi connectivity index (χ4n) is 0.842. The van der Waals surface area contributed by atoms with E-state index < -0.39 is 0 Å². The second-order valence-corrected chi connectivity index (χ2v) is 4.11. The van der Waals surface area contributed by atoms with Gasteiger partial charge in [0, 0.05) is 13.1 Å². The highest BCUT2D eigenvalue weighted by Gasteiger charge is 1.99. The van der Waals surface area contributed by atoms with Gasteiger partial charge in [-0.05, 0) is 19.8 Å². The minimum atomic E-state index is 0.0702. The fourth-order valence-corrected chi connectivity index (χ4v) is 0.842. The average Bonchev–Trinajstić information content (AvgIpc) is 2.08. The molecule has 0 spiro atoms. The molecule has 0 unspecified atom stereocenters. The molecule has 0 aromatic rings. The summed E-state index contributed by atoms with van der Waals surface area (Å²) in [6, 6.07) is 0. The van der Waals surface area contributed by atoms with Gasteiger partial charge in [-0.1, -0.05) is 25.5 Å². The van der Waals surface area contributed by atoms with Crippen molar-refractivity contribution in [3.05, 3.63) is 11.6 Å². The van der Waals surface area contributed by atoms with E-state index in [1.54, 1.807) is 0 Å². The monoisotopic (exact) mass is 198 g/mol. The maximum absolute atomic E-state index is 11.2. The zero-order valence-corrected chi connectivity index (χ0v) is 9.68. The topological polar surface area (TPSA) is 41.1 Å². The van der Waals surface area contributed by atoms with Gasteiger partial charge >= 0.3 is 0 Å². The summed E-state index contributed by atoms with van der Waals surface area (Å²) < 4.78 is 0. The maximum atomic E-state index is 11.2. The Bertz CT molecular complexity index is 193. The van der Waals surface area contributed by atoms with Gasteiger partial charge in [0.15, 0.2) is 0 Å². The molecule has 14 heavy (non-hydrogen) atoms. The van der Waals surface area contributed by atoms with Gasteiger partial charge in [0.1, 0.15) is 0 Å². The van der Waals surface area contributed by atoms with Crippen LogP contribution >= 0.6 is 0 Å². The van der Waals surface area contributed by atoms with Crippen LogP contribution in [0.2, 0.25) is 0 Å². The van der Waals surface area contributed by atoms with E-state index in [0.717, 1.165) is 13.1 Å². The first kappa shape index (κ1) is 13.2. The lowest BCUT2D eigenvalue weighted by atomic mass is 10.2. The van der Waals surface area contributed by atoms with Gasteiger partial charge in [-0.2, -0.15) is 0 Å². The summed E-state index contributed by atoms with van der Waals surface area (Å²) in [4.78, 5) is 11.2. The lowest BCUT2D eigenvalue weighted by molar-refractivity contribution is -0.120. The van der Waals surface area contributed by atoms with Crippen LogP contribution in [0.25, 0.3) is 0 Å². The van der Waals surface area contributed by atoms with Gasteiger partial charge in [-0.3, -0.25) is 4.79 Å². The second kappa shape index (κ2) is 7.56. The van der Waals surface area contributed by atoms with Crippen molar-refractivity contribution < 1.29 is 4.79 Å². The molecule has 82 valence electrons. The SMILES string of the molecule is CC(C)=CCNCC(=O)NCC(C)C. The molecule has 0 rings (SSSR count). The molecular formula is C11H22N2O. The largest absolute Gasteiger partial charge is 0.355 e. The number of hydrogen-bond donors (Lipinski definition) is 2. The maximum Gasteiger partial charge on any atom is 0.233 e. The third kappa shape index (κ3) is 9.26. The smallest absolute Gasteiger partial charge is 0.233 e. The van der Waals surface area contributed by atoms with Gasteiger partial charge in [0.05, 0.1) is 6.54 Å². The van der Waals surface area contributed by atoms with Crippen LogP contribution in [0.3, 0.4) is 0 Å². The Kier molecular flexibility index (Phi) is 7.11. The van der Waals surface area contributed by atoms with E-state index in [0.29, 0.717) is 12.5 Å². The Morgan fingerprint density at radius 2 is 2.00 bits per heavy atom. The zero-order valence-electron chi connectivity index (χ0n) is 9.68. The van der Waals surface area contributed by atoms with Crippen molar-refractivity contribution in [2.45, 2.75) is 27.7 Å². The van der Waals surface area contributed by atoms with Crippen molar-refractivity contribution in [1.29, 1.82) is 0 Å². The second-order valence-electron chi connectivity index (χ2n) is 4.11. The molecule has 0 heterocycles. The van der Waals surface area contributed by atoms with Crippen molar-refractivity contribution in [2.24, 2.45) is 5.92 Å². The quantitative estimate of drug-likeness (QED) is 0.499. The Balaban J connectivity index is 3.41. The predicted octanol–water partition coefficient (Wildman–Crippen LogP) is 1.31. The lowest BCUT2D eigenvalue weighted by Crippen LogP contribution is -2.35. The van der Waals surface area contributed by atoms with Crippen molar-refractivity contribution >= 4 is 5.91 Å². The van der Waals surface area contributed by atoms with E-state index in [-0.39, 0.29) is 5.91 Å². The molecule has 1 amide bonds. The van der Waals surface area contributed by atoms with Gasteiger partial charge < -0.3 is 10.6 Å². The molecule has 0 saturated carbocycles. The number of allylic oxidation sites excluding steroid dienone is 1. The number of nitrogens with one attached hydrogen (secondary N) is 2. The lowest BCUT2D eigenvalue weighted by Gasteiger charge is -2.07. The molecule has 0 aliphatic carbocycles. The zero-order chi connectivity index (χ0) is 11.0. The molecular weight excluding hydrogens is 176 g/mol. The Labute approximate surface area is 87.0 Å². The van der Waals surface area contributed by atoms with Gasteiger partial charge in [0.2, 0.25) is 5.91 Å². The molecule has 0 fully saturated rings. The average molecular weight is 198 g/mol. The van der Waals surface area contributed by atoms with Crippen molar-refractivity contribution in [2.75, 3.05) is 19.6 Å². The fraction of sp³-hybridized carbons (Fsp3) is 0.727. The normalized spacial score (nSPS) is 10.1. The summed E-state index contributed by atoms with van der Waals surface area (Å²) in [7, 11) is 0. The van der Waals surface area contributed by atoms with Crippen LogP contribution in [0.5, 0.6) is 0 Å². The number of carbonyl (C=O) groups excluding carboxylic acids is 1. The number of hydrogen-bond acceptors (Lipinski definition) is 2. The van der Waals surface area contributed by atoms with Crippen molar-refractivity contribution in [3.63, 3.8) is 0 Å². The van der Waals surface area contributed by atoms with Gasteiger partial charge in [-0.15, -0.1) is 0 Å². The van der Waals surface area contributed by atoms with Crippen molar-refractivity contribution in [1.82, 2.24) is 10.6 Å². The molecule has 0 aliphatic rings. The van der Waals surface area contributed by atoms with E-state index in [9.17, 15) is 4.79 Å². The first-order chi connectivity index (χ1) is 6.52. The van der Waals surface area contributed by atoms with Gasteiger partial charge in [-0.25, -0.2) is 0 Å². The highest BCUT2D eigenvalue weighted by atomic mass is 16.1. The molecule has 3 heteroatoms. The van der Waals surface area contributed by atoms with Crippen molar-refractivity contribution in [3.8, 4) is 0 Å². The summed E-state index contributed by atoms with van der Waals surface area (Å²) in [6.45, 7) is 10.2. The Hall–Kier alpha value is -0.830. The van der Waals surface area contributed by atoms with Crippen LogP contribution in [0.15, 0.2) is 11.6 Å². The number of carbonyl (C=O) groups is 1. The molecule has 3 nitrogen and oxygen atoms in total. The minimum absolute atomic E-state index is 0.0702. The summed E-state index contributed by atoms with van der Waals surface area (Å²) in [5, 5.41) is 5.90. The summed E-state index contributed by atoms with van der Waals surface area (Å²) >= 11 is 0. The summed E-state index contributed by atoms with van der Waals surface area (Å²) in [6.07, 6.45) is 2.07. The van der Waals surface area contributed by atoms with Gasteiger partial charge in [0.25, 0.3) is 0 Å². The summed E-state index contributed by atoms with van der Waals surface area (Å²) in [5.41, 5.74) is 1.26. The van der Waals surface area contributed by atoms with E-state index in [4.69, 9.17) is 0 Å². The third-order valence-electron chi connectivity index (χ3n) is 1.65. The Morgan fingerprint density at radius 1 is 1.36 bits per heavy atom. The van der Waals surface area contributed by atoms with E-state index in [2.05, 4.69) is 30.6 Å². The molecule has 2 N–H and O–H groups in total. The molecule has 0 bridgehead atoms. The van der Waals surface area contributed by atoms with Crippen LogP contribution in [0, 0.1) is 5.92 Å². The van der Waals surface area contributed by atoms with Crippen LogP contribution in [-0.2, 0) is 4.79 Å². The third-order valence-corrected chi connectivity index (χ3v) is 1.65. The number of amides is 1. The van der Waals surface area contributed by atoms with E-state index in [1.807, 2.05) is 13.8 Å². The first-order valence-corrected chi connectivity index (χ1v) is 5.13. The molecule has 0 radical (unpaired) electrons. The molecule has 0 aromatic heterocycles. The van der Waals surface area contributed by atoms with Crippen LogP contribution in [0.1, 0.15) is 27.7 Å². The molecule has 0 aromatic carbocycles. The molecule has 0 atom stereocenters. The number of rotatable bonds is 6. The Morgan fingerprint density at radius 3 is 2.50 bits per heavy atom. The van der Waals surface area contributed by atoms with E-state index in [1.165, 1.54) is 5.57 Å². The van der Waals surface area contributed by atoms with Crippen LogP contribution in [-0.4, -0.2) is 25.5 Å². The van der Waals surface area contributed by atoms with Crippen LogP contribution < -0.4 is 10.6 Å². The highest BCUT2D eigenvalue weighted by molar-refractivity contribution is 5.77. The first-order valence-electron chi connectivity index (χ1n) is 5.13. The van der Waals surface area contributed by atoms with E-state index >= 15 is 0 Å². The minimum Gasteiger partial charge on any atom is -0.355 e.